The number of halogens is 2. The molecular weight excluding hydrogens is 244 g/mol. The van der Waals surface area contributed by atoms with Crippen molar-refractivity contribution >= 4 is 5.97 Å². The van der Waals surface area contributed by atoms with Gasteiger partial charge in [0.05, 0.1) is 7.11 Å². The highest BCUT2D eigenvalue weighted by Gasteiger charge is 2.14. The van der Waals surface area contributed by atoms with Crippen molar-refractivity contribution in [1.82, 2.24) is 5.32 Å². The van der Waals surface area contributed by atoms with E-state index < -0.39 is 18.6 Å². The van der Waals surface area contributed by atoms with Gasteiger partial charge in [0.2, 0.25) is 0 Å². The van der Waals surface area contributed by atoms with Crippen molar-refractivity contribution in [3.63, 3.8) is 0 Å². The van der Waals surface area contributed by atoms with Crippen molar-refractivity contribution < 1.29 is 23.0 Å². The molecule has 0 spiro atoms. The molecule has 18 heavy (non-hydrogen) atoms. The third-order valence-electron chi connectivity index (χ3n) is 2.34. The Kier molecular flexibility index (Phi) is 5.51. The summed E-state index contributed by atoms with van der Waals surface area (Å²) in [6, 6.07) is 5.89. The minimum absolute atomic E-state index is 0.0945. The van der Waals surface area contributed by atoms with Crippen LogP contribution in [0.1, 0.15) is 12.5 Å². The number of methoxy groups -OCH3 is 1. The van der Waals surface area contributed by atoms with Crippen LogP contribution >= 0.6 is 0 Å². The van der Waals surface area contributed by atoms with Crippen molar-refractivity contribution in [3.05, 3.63) is 29.8 Å². The average Bonchev–Trinajstić information content (AvgIpc) is 2.35. The molecule has 1 N–H and O–H groups in total. The highest BCUT2D eigenvalue weighted by Crippen LogP contribution is 2.20. The fourth-order valence-corrected chi connectivity index (χ4v) is 1.38. The van der Waals surface area contributed by atoms with Crippen LogP contribution in [0.3, 0.4) is 0 Å². The van der Waals surface area contributed by atoms with E-state index in [4.69, 9.17) is 0 Å². The number of benzene rings is 1. The second-order valence-electron chi connectivity index (χ2n) is 3.61. The highest BCUT2D eigenvalue weighted by atomic mass is 19.3. The number of esters is 1. The minimum Gasteiger partial charge on any atom is -0.468 e. The van der Waals surface area contributed by atoms with Crippen molar-refractivity contribution in [2.24, 2.45) is 0 Å². The molecule has 4 nitrogen and oxygen atoms in total. The fraction of sp³-hybridized carbons (Fsp3) is 0.417. The Hall–Kier alpha value is -1.69. The first-order valence-electron chi connectivity index (χ1n) is 5.38. The summed E-state index contributed by atoms with van der Waals surface area (Å²) in [5.41, 5.74) is 0.550. The number of nitrogens with one attached hydrogen (secondary N) is 1. The molecule has 1 unspecified atom stereocenters. The average molecular weight is 259 g/mol. The zero-order chi connectivity index (χ0) is 13.5. The van der Waals surface area contributed by atoms with Crippen LogP contribution in [0.4, 0.5) is 8.78 Å². The molecule has 0 aliphatic heterocycles. The van der Waals surface area contributed by atoms with E-state index in [0.717, 1.165) is 0 Å². The lowest BCUT2D eigenvalue weighted by molar-refractivity contribution is -0.142. The highest BCUT2D eigenvalue weighted by molar-refractivity contribution is 5.75. The van der Waals surface area contributed by atoms with Gasteiger partial charge in [0.15, 0.2) is 0 Å². The van der Waals surface area contributed by atoms with Crippen LogP contribution in [0.15, 0.2) is 24.3 Å². The molecule has 0 bridgehead atoms. The Morgan fingerprint density at radius 3 is 2.67 bits per heavy atom. The van der Waals surface area contributed by atoms with Gasteiger partial charge in [0.1, 0.15) is 11.8 Å². The number of ether oxygens (including phenoxy) is 2. The number of rotatable bonds is 6. The van der Waals surface area contributed by atoms with Crippen molar-refractivity contribution in [2.45, 2.75) is 26.1 Å². The second kappa shape index (κ2) is 6.90. The van der Waals surface area contributed by atoms with E-state index in [1.807, 2.05) is 0 Å². The molecule has 1 aromatic carbocycles. The smallest absolute Gasteiger partial charge is 0.387 e. The van der Waals surface area contributed by atoms with Crippen molar-refractivity contribution in [2.75, 3.05) is 7.11 Å². The van der Waals surface area contributed by atoms with Gasteiger partial charge >= 0.3 is 12.6 Å². The molecule has 100 valence electrons. The number of hydrogen-bond donors (Lipinski definition) is 1. The Bertz CT molecular complexity index is 399. The molecule has 0 heterocycles. The van der Waals surface area contributed by atoms with Gasteiger partial charge in [0.25, 0.3) is 0 Å². The molecule has 0 aliphatic carbocycles. The Morgan fingerprint density at radius 2 is 2.06 bits per heavy atom. The third-order valence-corrected chi connectivity index (χ3v) is 2.34. The molecule has 6 heteroatoms. The number of carbonyl (C=O) groups excluding carboxylic acids is 1. The Balaban J connectivity index is 2.64. The van der Waals surface area contributed by atoms with Gasteiger partial charge in [-0.15, -0.1) is 0 Å². The van der Waals surface area contributed by atoms with E-state index in [-0.39, 0.29) is 12.3 Å². The summed E-state index contributed by atoms with van der Waals surface area (Å²) in [4.78, 5) is 11.2. The van der Waals surface area contributed by atoms with E-state index >= 15 is 0 Å². The maximum absolute atomic E-state index is 12.2. The number of alkyl halides is 2. The molecule has 0 saturated heterocycles. The normalized spacial score (nSPS) is 12.3. The van der Waals surface area contributed by atoms with Crippen LogP contribution in [-0.2, 0) is 16.1 Å². The van der Waals surface area contributed by atoms with Gasteiger partial charge in [-0.25, -0.2) is 0 Å². The minimum atomic E-state index is -2.87. The lowest BCUT2D eigenvalue weighted by atomic mass is 10.2. The number of para-hydroxylation sites is 1. The zero-order valence-corrected chi connectivity index (χ0v) is 10.2. The van der Waals surface area contributed by atoms with Crippen LogP contribution < -0.4 is 10.1 Å². The first-order chi connectivity index (χ1) is 8.54. The molecule has 0 radical (unpaired) electrons. The topological polar surface area (TPSA) is 47.6 Å². The van der Waals surface area contributed by atoms with Crippen LogP contribution in [0.2, 0.25) is 0 Å². The van der Waals surface area contributed by atoms with Crippen LogP contribution in [0.5, 0.6) is 5.75 Å². The predicted molar refractivity (Wildman–Crippen MR) is 61.4 cm³/mol. The lowest BCUT2D eigenvalue weighted by Crippen LogP contribution is -2.34. The van der Waals surface area contributed by atoms with Crippen molar-refractivity contribution in [3.8, 4) is 5.75 Å². The van der Waals surface area contributed by atoms with Crippen LogP contribution in [0, 0.1) is 0 Å². The summed E-state index contributed by atoms with van der Waals surface area (Å²) < 4.78 is 33.2. The summed E-state index contributed by atoms with van der Waals surface area (Å²) in [5, 5.41) is 2.86. The SMILES string of the molecule is COC(=O)C(C)NCc1ccccc1OC(F)F. The summed E-state index contributed by atoms with van der Waals surface area (Å²) >= 11 is 0. The molecule has 1 atom stereocenters. The standard InChI is InChI=1S/C12H15F2NO3/c1-8(11(16)17-2)15-7-9-5-3-4-6-10(9)18-12(13)14/h3-6,8,12,15H,7H2,1-2H3. The summed E-state index contributed by atoms with van der Waals surface area (Å²) in [7, 11) is 1.29. The quantitative estimate of drug-likeness (QED) is 0.793. The van der Waals surface area contributed by atoms with E-state index in [9.17, 15) is 13.6 Å². The molecule has 1 rings (SSSR count). The van der Waals surface area contributed by atoms with E-state index in [1.54, 1.807) is 25.1 Å². The fourth-order valence-electron chi connectivity index (χ4n) is 1.38. The maximum Gasteiger partial charge on any atom is 0.387 e. The van der Waals surface area contributed by atoms with E-state index in [2.05, 4.69) is 14.8 Å². The van der Waals surface area contributed by atoms with E-state index in [1.165, 1.54) is 13.2 Å². The monoisotopic (exact) mass is 259 g/mol. The third kappa shape index (κ3) is 4.29. The molecule has 0 saturated carbocycles. The largest absolute Gasteiger partial charge is 0.468 e. The maximum atomic E-state index is 12.2. The number of carbonyl (C=O) groups is 1. The summed E-state index contributed by atoms with van der Waals surface area (Å²) in [6.45, 7) is -1.01. The predicted octanol–water partition coefficient (Wildman–Crippen LogP) is 1.94. The van der Waals surface area contributed by atoms with Gasteiger partial charge in [-0.2, -0.15) is 8.78 Å². The zero-order valence-electron chi connectivity index (χ0n) is 10.2. The lowest BCUT2D eigenvalue weighted by Gasteiger charge is -2.14. The number of hydrogen-bond acceptors (Lipinski definition) is 4. The van der Waals surface area contributed by atoms with Gasteiger partial charge in [0, 0.05) is 12.1 Å². The van der Waals surface area contributed by atoms with Gasteiger partial charge in [-0.1, -0.05) is 18.2 Å². The molecule has 0 fully saturated rings. The molecular formula is C12H15F2NO3. The van der Waals surface area contributed by atoms with Gasteiger partial charge < -0.3 is 14.8 Å². The van der Waals surface area contributed by atoms with Crippen molar-refractivity contribution in [1.29, 1.82) is 0 Å². The van der Waals surface area contributed by atoms with Gasteiger partial charge in [-0.3, -0.25) is 4.79 Å². The first-order valence-corrected chi connectivity index (χ1v) is 5.38. The summed E-state index contributed by atoms with van der Waals surface area (Å²) in [6.07, 6.45) is 0. The summed E-state index contributed by atoms with van der Waals surface area (Å²) in [5.74, 6) is -0.320. The molecule has 0 amide bonds. The Labute approximate surface area is 104 Å². The van der Waals surface area contributed by atoms with E-state index in [0.29, 0.717) is 5.56 Å². The molecule has 0 aromatic heterocycles. The van der Waals surface area contributed by atoms with Crippen LogP contribution in [-0.4, -0.2) is 25.7 Å². The first kappa shape index (κ1) is 14.4. The molecule has 1 aromatic rings. The second-order valence-corrected chi connectivity index (χ2v) is 3.61. The van der Waals surface area contributed by atoms with Crippen LogP contribution in [0.25, 0.3) is 0 Å². The Morgan fingerprint density at radius 1 is 1.39 bits per heavy atom. The van der Waals surface area contributed by atoms with Gasteiger partial charge in [-0.05, 0) is 13.0 Å². The molecule has 0 aliphatic rings.